The van der Waals surface area contributed by atoms with Gasteiger partial charge in [0.05, 0.1) is 17.1 Å². The van der Waals surface area contributed by atoms with E-state index in [4.69, 9.17) is 14.2 Å². The second kappa shape index (κ2) is 11.7. The second-order valence-corrected chi connectivity index (χ2v) is 4.78. The normalized spacial score (nSPS) is 12.8. The highest BCUT2D eigenvalue weighted by Gasteiger charge is 2.25. The van der Waals surface area contributed by atoms with Crippen LogP contribution in [0.25, 0.3) is 0 Å². The zero-order chi connectivity index (χ0) is 17.2. The van der Waals surface area contributed by atoms with Crippen LogP contribution in [0.5, 0.6) is 0 Å². The first kappa shape index (κ1) is 22.3. The van der Waals surface area contributed by atoms with Crippen LogP contribution in [0, 0.1) is 10.1 Å². The molecule has 2 unspecified atom stereocenters. The van der Waals surface area contributed by atoms with Crippen LogP contribution in [-0.2, 0) is 14.2 Å². The van der Waals surface area contributed by atoms with E-state index in [0.29, 0.717) is 6.54 Å². The van der Waals surface area contributed by atoms with E-state index in [2.05, 4.69) is 5.32 Å². The van der Waals surface area contributed by atoms with Gasteiger partial charge in [-0.3, -0.25) is 10.1 Å². The number of nitrogens with one attached hydrogen (secondary N) is 1. The van der Waals surface area contributed by atoms with Crippen LogP contribution < -0.4 is 5.32 Å². The van der Waals surface area contributed by atoms with Gasteiger partial charge in [-0.1, -0.05) is 6.92 Å². The molecule has 2 atom stereocenters. The van der Waals surface area contributed by atoms with Gasteiger partial charge in [-0.05, 0) is 18.7 Å². The highest BCUT2D eigenvalue weighted by atomic mass is 35.5. The molecule has 1 rings (SSSR count). The van der Waals surface area contributed by atoms with E-state index < -0.39 is 17.0 Å². The third-order valence-corrected chi connectivity index (χ3v) is 3.22. The van der Waals surface area contributed by atoms with Gasteiger partial charge < -0.3 is 19.5 Å². The Hall–Kier alpha value is -1.74. The molecule has 0 aliphatic heterocycles. The minimum Gasteiger partial charge on any atom is -0.453 e. The van der Waals surface area contributed by atoms with E-state index >= 15 is 0 Å². The van der Waals surface area contributed by atoms with Crippen molar-refractivity contribution in [1.82, 2.24) is 5.32 Å². The Balaban J connectivity index is 0.00000529. The summed E-state index contributed by atoms with van der Waals surface area (Å²) in [4.78, 5) is 22.3. The van der Waals surface area contributed by atoms with Crippen LogP contribution in [-0.4, -0.2) is 57.0 Å². The Morgan fingerprint density at radius 2 is 1.88 bits per heavy atom. The lowest BCUT2D eigenvalue weighted by atomic mass is 10.2. The van der Waals surface area contributed by atoms with Gasteiger partial charge in [-0.15, -0.1) is 12.4 Å². The Labute approximate surface area is 147 Å². The molecular weight excluding hydrogens is 340 g/mol. The molecule has 1 aromatic carbocycles. The molecule has 0 aliphatic carbocycles. The van der Waals surface area contributed by atoms with Crippen molar-refractivity contribution in [3.8, 4) is 0 Å². The van der Waals surface area contributed by atoms with Crippen LogP contribution in [0.3, 0.4) is 0 Å². The number of carbonyl (C=O) groups is 1. The molecule has 0 fully saturated rings. The van der Waals surface area contributed by atoms with Crippen molar-refractivity contribution in [2.24, 2.45) is 0 Å². The molecule has 0 saturated carbocycles. The lowest BCUT2D eigenvalue weighted by Gasteiger charge is -2.25. The van der Waals surface area contributed by atoms with E-state index in [-0.39, 0.29) is 36.4 Å². The van der Waals surface area contributed by atoms with E-state index in [9.17, 15) is 14.9 Å². The molecule has 24 heavy (non-hydrogen) atoms. The fourth-order valence-corrected chi connectivity index (χ4v) is 1.96. The van der Waals surface area contributed by atoms with Crippen molar-refractivity contribution in [2.45, 2.75) is 19.1 Å². The predicted molar refractivity (Wildman–Crippen MR) is 90.8 cm³/mol. The lowest BCUT2D eigenvalue weighted by Crippen LogP contribution is -2.43. The van der Waals surface area contributed by atoms with Crippen molar-refractivity contribution in [3.63, 3.8) is 0 Å². The number of ether oxygens (including phenoxy) is 3. The molecule has 1 aromatic rings. The number of hydrogen-bond donors (Lipinski definition) is 1. The van der Waals surface area contributed by atoms with Crippen molar-refractivity contribution in [2.75, 3.05) is 33.9 Å². The zero-order valence-corrected chi connectivity index (χ0v) is 14.7. The number of carbonyl (C=O) groups excluding carboxylic acids is 1. The number of likely N-dealkylation sites (N-methyl/N-ethyl adjacent to an activating group) is 1. The van der Waals surface area contributed by atoms with Gasteiger partial charge in [0.1, 0.15) is 6.10 Å². The molecule has 0 aromatic heterocycles. The van der Waals surface area contributed by atoms with Crippen LogP contribution in [0.1, 0.15) is 17.3 Å². The minimum atomic E-state index is -0.591. The lowest BCUT2D eigenvalue weighted by molar-refractivity contribution is -0.384. The zero-order valence-electron chi connectivity index (χ0n) is 13.9. The number of rotatable bonds is 10. The molecule has 1 N–H and O–H groups in total. The minimum absolute atomic E-state index is 0. The van der Waals surface area contributed by atoms with E-state index in [0.717, 1.165) is 6.54 Å². The first-order valence-corrected chi connectivity index (χ1v) is 7.21. The SMILES string of the molecule is CCNCC(OC)C(COC)OC(=O)c1ccc([N+](=O)[O-])cc1.Cl. The summed E-state index contributed by atoms with van der Waals surface area (Å²) in [5.41, 5.74) is 0.145. The molecule has 9 heteroatoms. The molecule has 0 radical (unpaired) electrons. The summed E-state index contributed by atoms with van der Waals surface area (Å²) < 4.78 is 15.9. The molecule has 0 heterocycles. The van der Waals surface area contributed by atoms with Crippen LogP contribution in [0.15, 0.2) is 24.3 Å². The number of non-ortho nitro benzene ring substituents is 1. The third-order valence-electron chi connectivity index (χ3n) is 3.22. The molecule has 0 bridgehead atoms. The quantitative estimate of drug-likeness (QED) is 0.385. The Bertz CT molecular complexity index is 511. The number of hydrogen-bond acceptors (Lipinski definition) is 7. The van der Waals surface area contributed by atoms with Crippen LogP contribution in [0.4, 0.5) is 5.69 Å². The summed E-state index contributed by atoms with van der Waals surface area (Å²) in [7, 11) is 3.04. The maximum atomic E-state index is 12.2. The fourth-order valence-electron chi connectivity index (χ4n) is 1.96. The van der Waals surface area contributed by atoms with Crippen molar-refractivity contribution >= 4 is 24.1 Å². The van der Waals surface area contributed by atoms with Gasteiger partial charge in [-0.2, -0.15) is 0 Å². The molecular formula is C15H23ClN2O6. The molecule has 0 spiro atoms. The predicted octanol–water partition coefficient (Wildman–Crippen LogP) is 1.81. The summed E-state index contributed by atoms with van der Waals surface area (Å²) in [5, 5.41) is 13.7. The number of benzene rings is 1. The van der Waals surface area contributed by atoms with E-state index in [1.54, 1.807) is 0 Å². The monoisotopic (exact) mass is 362 g/mol. The summed E-state index contributed by atoms with van der Waals surface area (Å²) in [5.74, 6) is -0.583. The van der Waals surface area contributed by atoms with Gasteiger partial charge >= 0.3 is 5.97 Å². The first-order valence-electron chi connectivity index (χ1n) is 7.21. The van der Waals surface area contributed by atoms with Gasteiger partial charge in [0.25, 0.3) is 5.69 Å². The highest BCUT2D eigenvalue weighted by Crippen LogP contribution is 2.14. The van der Waals surface area contributed by atoms with Crippen molar-refractivity contribution in [3.05, 3.63) is 39.9 Å². The van der Waals surface area contributed by atoms with Gasteiger partial charge in [0.15, 0.2) is 6.10 Å². The summed E-state index contributed by atoms with van der Waals surface area (Å²) in [6.07, 6.45) is -0.955. The van der Waals surface area contributed by atoms with Crippen LogP contribution >= 0.6 is 12.4 Å². The Morgan fingerprint density at radius 3 is 2.33 bits per heavy atom. The number of esters is 1. The molecule has 0 amide bonds. The first-order chi connectivity index (χ1) is 11.0. The second-order valence-electron chi connectivity index (χ2n) is 4.78. The number of nitro benzene ring substituents is 1. The Kier molecular flexibility index (Phi) is 10.9. The molecule has 136 valence electrons. The van der Waals surface area contributed by atoms with Crippen molar-refractivity contribution in [1.29, 1.82) is 0 Å². The molecule has 0 aliphatic rings. The van der Waals surface area contributed by atoms with Gasteiger partial charge in [-0.25, -0.2) is 4.79 Å². The molecule has 0 saturated heterocycles. The highest BCUT2D eigenvalue weighted by molar-refractivity contribution is 5.89. The van der Waals surface area contributed by atoms with Crippen LogP contribution in [0.2, 0.25) is 0 Å². The summed E-state index contributed by atoms with van der Waals surface area (Å²) in [6, 6.07) is 5.23. The van der Waals surface area contributed by atoms with Crippen molar-refractivity contribution < 1.29 is 23.9 Å². The summed E-state index contributed by atoms with van der Waals surface area (Å²) in [6.45, 7) is 3.41. The number of nitrogens with zero attached hydrogens (tertiary/aromatic N) is 1. The largest absolute Gasteiger partial charge is 0.453 e. The summed E-state index contributed by atoms with van der Waals surface area (Å²) >= 11 is 0. The maximum absolute atomic E-state index is 12.2. The topological polar surface area (TPSA) is 99.9 Å². The fraction of sp³-hybridized carbons (Fsp3) is 0.533. The third kappa shape index (κ3) is 6.79. The smallest absolute Gasteiger partial charge is 0.338 e. The number of nitro groups is 1. The van der Waals surface area contributed by atoms with E-state index in [1.165, 1.54) is 38.5 Å². The maximum Gasteiger partial charge on any atom is 0.338 e. The average molecular weight is 363 g/mol. The van der Waals surface area contributed by atoms with E-state index in [1.807, 2.05) is 6.92 Å². The Morgan fingerprint density at radius 1 is 1.25 bits per heavy atom. The molecule has 8 nitrogen and oxygen atoms in total. The number of halogens is 1. The number of methoxy groups -OCH3 is 2. The van der Waals surface area contributed by atoms with Gasteiger partial charge in [0, 0.05) is 32.9 Å². The average Bonchev–Trinajstić information content (AvgIpc) is 2.55. The standard InChI is InChI=1S/C15H22N2O6.ClH/c1-4-16-9-13(22-3)14(10-21-2)23-15(18)11-5-7-12(8-6-11)17(19)20;/h5-8,13-14,16H,4,9-10H2,1-3H3;1H. The van der Waals surface area contributed by atoms with Gasteiger partial charge in [0.2, 0.25) is 0 Å².